The number of benzene rings is 1. The number of hydrogen-bond donors (Lipinski definition) is 0. The SMILES string of the molecule is Cc1cc(N(C)C)nc(N2CCN(c3cccc(C#N)c3)CC2)n1. The van der Waals surface area contributed by atoms with E-state index in [-0.39, 0.29) is 0 Å². The van der Waals surface area contributed by atoms with Crippen molar-refractivity contribution in [3.05, 3.63) is 41.6 Å². The van der Waals surface area contributed by atoms with Gasteiger partial charge in [-0.15, -0.1) is 0 Å². The Labute approximate surface area is 143 Å². The van der Waals surface area contributed by atoms with Crippen LogP contribution in [0.25, 0.3) is 0 Å². The third-order valence-electron chi connectivity index (χ3n) is 4.19. The zero-order valence-electron chi connectivity index (χ0n) is 14.4. The summed E-state index contributed by atoms with van der Waals surface area (Å²) in [7, 11) is 3.98. The molecule has 0 unspecified atom stereocenters. The Kier molecular flexibility index (Phi) is 4.52. The molecular weight excluding hydrogens is 300 g/mol. The lowest BCUT2D eigenvalue weighted by Gasteiger charge is -2.36. The smallest absolute Gasteiger partial charge is 0.227 e. The minimum atomic E-state index is 0.701. The molecule has 124 valence electrons. The van der Waals surface area contributed by atoms with Gasteiger partial charge in [0.1, 0.15) is 5.82 Å². The Balaban J connectivity index is 1.72. The minimum Gasteiger partial charge on any atom is -0.368 e. The van der Waals surface area contributed by atoms with Crippen molar-refractivity contribution in [1.29, 1.82) is 5.26 Å². The lowest BCUT2D eigenvalue weighted by atomic mass is 10.2. The molecule has 0 amide bonds. The van der Waals surface area contributed by atoms with Crippen molar-refractivity contribution in [2.75, 3.05) is 55.0 Å². The van der Waals surface area contributed by atoms with E-state index in [0.29, 0.717) is 5.56 Å². The first-order valence-corrected chi connectivity index (χ1v) is 8.10. The van der Waals surface area contributed by atoms with E-state index >= 15 is 0 Å². The second kappa shape index (κ2) is 6.75. The standard InChI is InChI=1S/C18H22N6/c1-14-11-17(22(2)3)21-18(20-14)24-9-7-23(8-10-24)16-6-4-5-15(12-16)13-19/h4-6,11-12H,7-10H2,1-3H3. The molecular formula is C18H22N6. The van der Waals surface area contributed by atoms with Gasteiger partial charge in [-0.3, -0.25) is 0 Å². The van der Waals surface area contributed by atoms with E-state index in [0.717, 1.165) is 49.3 Å². The van der Waals surface area contributed by atoms with E-state index in [1.54, 1.807) is 0 Å². The van der Waals surface area contributed by atoms with Crippen molar-refractivity contribution in [3.63, 3.8) is 0 Å². The van der Waals surface area contributed by atoms with Crippen LogP contribution in [-0.4, -0.2) is 50.2 Å². The van der Waals surface area contributed by atoms with Gasteiger partial charge < -0.3 is 14.7 Å². The number of aromatic nitrogens is 2. The van der Waals surface area contributed by atoms with Gasteiger partial charge in [-0.1, -0.05) is 6.07 Å². The van der Waals surface area contributed by atoms with Crippen molar-refractivity contribution in [3.8, 4) is 6.07 Å². The Hall–Kier alpha value is -2.81. The molecule has 1 aliphatic rings. The summed E-state index contributed by atoms with van der Waals surface area (Å²) in [6.45, 7) is 5.52. The van der Waals surface area contributed by atoms with Gasteiger partial charge in [0.25, 0.3) is 0 Å². The molecule has 6 nitrogen and oxygen atoms in total. The third kappa shape index (κ3) is 3.40. The number of hydrogen-bond acceptors (Lipinski definition) is 6. The summed E-state index contributed by atoms with van der Waals surface area (Å²) in [5.41, 5.74) is 2.79. The highest BCUT2D eigenvalue weighted by Crippen LogP contribution is 2.21. The number of nitrogens with zero attached hydrogens (tertiary/aromatic N) is 6. The molecule has 24 heavy (non-hydrogen) atoms. The molecule has 0 radical (unpaired) electrons. The van der Waals surface area contributed by atoms with Gasteiger partial charge in [-0.25, -0.2) is 4.98 Å². The largest absolute Gasteiger partial charge is 0.368 e. The first-order valence-electron chi connectivity index (χ1n) is 8.10. The highest BCUT2D eigenvalue weighted by molar-refractivity contribution is 5.53. The van der Waals surface area contributed by atoms with Crippen LogP contribution in [0, 0.1) is 18.3 Å². The quantitative estimate of drug-likeness (QED) is 0.862. The monoisotopic (exact) mass is 322 g/mol. The van der Waals surface area contributed by atoms with Crippen molar-refractivity contribution in [2.24, 2.45) is 0 Å². The van der Waals surface area contributed by atoms with E-state index in [1.807, 2.05) is 50.2 Å². The van der Waals surface area contributed by atoms with Crippen LogP contribution in [0.1, 0.15) is 11.3 Å². The Morgan fingerprint density at radius 3 is 2.42 bits per heavy atom. The third-order valence-corrected chi connectivity index (χ3v) is 4.19. The second-order valence-electron chi connectivity index (χ2n) is 6.20. The van der Waals surface area contributed by atoms with Crippen LogP contribution in [0.5, 0.6) is 0 Å². The molecule has 1 aromatic heterocycles. The summed E-state index contributed by atoms with van der Waals surface area (Å²) in [5.74, 6) is 1.73. The van der Waals surface area contributed by atoms with E-state index in [4.69, 9.17) is 5.26 Å². The summed E-state index contributed by atoms with van der Waals surface area (Å²) < 4.78 is 0. The average molecular weight is 322 g/mol. The van der Waals surface area contributed by atoms with Crippen molar-refractivity contribution in [2.45, 2.75) is 6.92 Å². The Bertz CT molecular complexity index is 756. The maximum atomic E-state index is 9.05. The van der Waals surface area contributed by atoms with Gasteiger partial charge in [0, 0.05) is 57.7 Å². The fourth-order valence-electron chi connectivity index (χ4n) is 2.84. The first kappa shape index (κ1) is 16.1. The van der Waals surface area contributed by atoms with Crippen molar-refractivity contribution < 1.29 is 0 Å². The molecule has 2 aromatic rings. The second-order valence-corrected chi connectivity index (χ2v) is 6.20. The van der Waals surface area contributed by atoms with Gasteiger partial charge in [0.05, 0.1) is 11.6 Å². The first-order chi connectivity index (χ1) is 11.6. The summed E-state index contributed by atoms with van der Waals surface area (Å²) in [4.78, 5) is 15.8. The topological polar surface area (TPSA) is 59.3 Å². The van der Waals surface area contributed by atoms with Crippen LogP contribution < -0.4 is 14.7 Å². The molecule has 6 heteroatoms. The molecule has 0 N–H and O–H groups in total. The lowest BCUT2D eigenvalue weighted by molar-refractivity contribution is 0.639. The zero-order valence-corrected chi connectivity index (χ0v) is 14.4. The van der Waals surface area contributed by atoms with E-state index < -0.39 is 0 Å². The zero-order chi connectivity index (χ0) is 17.1. The average Bonchev–Trinajstić information content (AvgIpc) is 2.61. The molecule has 1 saturated heterocycles. The molecule has 1 fully saturated rings. The van der Waals surface area contributed by atoms with Crippen LogP contribution in [0.15, 0.2) is 30.3 Å². The van der Waals surface area contributed by atoms with Crippen LogP contribution in [-0.2, 0) is 0 Å². The Morgan fingerprint density at radius 2 is 1.75 bits per heavy atom. The molecule has 0 aliphatic carbocycles. The number of anilines is 3. The molecule has 1 aromatic carbocycles. The molecule has 2 heterocycles. The predicted octanol–water partition coefficient (Wildman–Crippen LogP) is 2.05. The minimum absolute atomic E-state index is 0.701. The maximum Gasteiger partial charge on any atom is 0.227 e. The van der Waals surface area contributed by atoms with E-state index in [1.165, 1.54) is 0 Å². The van der Waals surface area contributed by atoms with Gasteiger partial charge in [0.2, 0.25) is 5.95 Å². The number of nitriles is 1. The van der Waals surface area contributed by atoms with E-state index in [9.17, 15) is 0 Å². The number of aryl methyl sites for hydroxylation is 1. The van der Waals surface area contributed by atoms with Crippen LogP contribution in [0.4, 0.5) is 17.5 Å². The fraction of sp³-hybridized carbons (Fsp3) is 0.389. The van der Waals surface area contributed by atoms with Crippen molar-refractivity contribution >= 4 is 17.5 Å². The predicted molar refractivity (Wildman–Crippen MR) is 96.7 cm³/mol. The molecule has 0 spiro atoms. The molecule has 0 atom stereocenters. The normalized spacial score (nSPS) is 14.4. The van der Waals surface area contributed by atoms with Gasteiger partial charge in [0.15, 0.2) is 0 Å². The number of rotatable bonds is 3. The molecule has 0 saturated carbocycles. The van der Waals surface area contributed by atoms with Crippen LogP contribution >= 0.6 is 0 Å². The molecule has 0 bridgehead atoms. The summed E-state index contributed by atoms with van der Waals surface area (Å²) >= 11 is 0. The number of piperazine rings is 1. The van der Waals surface area contributed by atoms with Crippen LogP contribution in [0.2, 0.25) is 0 Å². The maximum absolute atomic E-state index is 9.05. The molecule has 1 aliphatic heterocycles. The summed E-state index contributed by atoms with van der Waals surface area (Å²) in [6.07, 6.45) is 0. The van der Waals surface area contributed by atoms with E-state index in [2.05, 4.69) is 31.9 Å². The highest BCUT2D eigenvalue weighted by atomic mass is 15.3. The van der Waals surface area contributed by atoms with Crippen molar-refractivity contribution in [1.82, 2.24) is 9.97 Å². The summed E-state index contributed by atoms with van der Waals surface area (Å²) in [6, 6.07) is 12.0. The fourth-order valence-corrected chi connectivity index (χ4v) is 2.84. The van der Waals surface area contributed by atoms with Gasteiger partial charge in [-0.2, -0.15) is 10.2 Å². The Morgan fingerprint density at radius 1 is 1.04 bits per heavy atom. The van der Waals surface area contributed by atoms with Crippen LogP contribution in [0.3, 0.4) is 0 Å². The highest BCUT2D eigenvalue weighted by Gasteiger charge is 2.20. The summed E-state index contributed by atoms with van der Waals surface area (Å²) in [5, 5.41) is 9.05. The molecule has 3 rings (SSSR count). The lowest BCUT2D eigenvalue weighted by Crippen LogP contribution is -2.47. The van der Waals surface area contributed by atoms with Gasteiger partial charge >= 0.3 is 0 Å². The van der Waals surface area contributed by atoms with Gasteiger partial charge in [-0.05, 0) is 25.1 Å².